The van der Waals surface area contributed by atoms with Gasteiger partial charge in [-0.15, -0.1) is 0 Å². The number of cyclic esters (lactones) is 1. The van der Waals surface area contributed by atoms with Crippen molar-refractivity contribution in [1.29, 1.82) is 0 Å². The number of azide groups is 1. The molecule has 1 N–H and O–H groups in total. The molecule has 178 valence electrons. The number of nitrogens with zero attached hydrogens (tertiary/aromatic N) is 4. The largest absolute Gasteiger partial charge is 0.459 e. The van der Waals surface area contributed by atoms with Gasteiger partial charge in [-0.05, 0) is 34.9 Å². The van der Waals surface area contributed by atoms with Crippen molar-refractivity contribution in [3.05, 3.63) is 106 Å². The number of ether oxygens (including phenoxy) is 2. The summed E-state index contributed by atoms with van der Waals surface area (Å²) in [7, 11) is 0. The minimum atomic E-state index is -0.953. The third kappa shape index (κ3) is 5.87. The SMILES string of the molecule is [N-]=[N+]=NC[C@H]1CN(c2ccc(NC(C(=O)OCc3ccccc3)c3ccccc3)c(F)c2)C(=O)O1. The molecule has 0 spiro atoms. The number of rotatable bonds is 9. The van der Waals surface area contributed by atoms with Gasteiger partial charge < -0.3 is 14.8 Å². The van der Waals surface area contributed by atoms with Crippen molar-refractivity contribution in [2.45, 2.75) is 18.8 Å². The molecule has 1 fully saturated rings. The molecule has 1 aliphatic heterocycles. The van der Waals surface area contributed by atoms with Crippen LogP contribution in [0, 0.1) is 5.82 Å². The quantitative estimate of drug-likeness (QED) is 0.194. The van der Waals surface area contributed by atoms with Crippen LogP contribution in [-0.4, -0.2) is 31.3 Å². The Balaban J connectivity index is 1.50. The Morgan fingerprint density at radius 1 is 1.17 bits per heavy atom. The number of hydrogen-bond donors (Lipinski definition) is 1. The third-order valence-electron chi connectivity index (χ3n) is 5.38. The van der Waals surface area contributed by atoms with Crippen molar-refractivity contribution in [3.63, 3.8) is 0 Å². The fourth-order valence-corrected chi connectivity index (χ4v) is 3.64. The van der Waals surface area contributed by atoms with Crippen molar-refractivity contribution in [2.75, 3.05) is 23.3 Å². The van der Waals surface area contributed by atoms with Gasteiger partial charge in [0.15, 0.2) is 6.04 Å². The van der Waals surface area contributed by atoms with Crippen LogP contribution in [0.15, 0.2) is 84.0 Å². The number of amides is 1. The van der Waals surface area contributed by atoms with Crippen LogP contribution < -0.4 is 10.2 Å². The molecule has 1 amide bonds. The molecular formula is C25H22FN5O4. The molecule has 1 saturated heterocycles. The summed E-state index contributed by atoms with van der Waals surface area (Å²) < 4.78 is 25.7. The molecule has 0 bridgehead atoms. The lowest BCUT2D eigenvalue weighted by molar-refractivity contribution is -0.146. The highest BCUT2D eigenvalue weighted by Crippen LogP contribution is 2.29. The summed E-state index contributed by atoms with van der Waals surface area (Å²) in [5, 5.41) is 6.34. The smallest absolute Gasteiger partial charge is 0.414 e. The number of hydrogen-bond acceptors (Lipinski definition) is 6. The van der Waals surface area contributed by atoms with Crippen LogP contribution in [0.1, 0.15) is 17.2 Å². The van der Waals surface area contributed by atoms with Gasteiger partial charge in [0.25, 0.3) is 0 Å². The van der Waals surface area contributed by atoms with Crippen LogP contribution in [0.25, 0.3) is 10.4 Å². The summed E-state index contributed by atoms with van der Waals surface area (Å²) in [4.78, 5) is 29.0. The monoisotopic (exact) mass is 475 g/mol. The molecule has 9 nitrogen and oxygen atoms in total. The van der Waals surface area contributed by atoms with Crippen LogP contribution >= 0.6 is 0 Å². The van der Waals surface area contributed by atoms with Crippen molar-refractivity contribution in [3.8, 4) is 0 Å². The first-order chi connectivity index (χ1) is 17.0. The number of benzene rings is 3. The predicted molar refractivity (Wildman–Crippen MR) is 127 cm³/mol. The lowest BCUT2D eigenvalue weighted by Crippen LogP contribution is -2.26. The van der Waals surface area contributed by atoms with Gasteiger partial charge in [0.05, 0.1) is 24.5 Å². The Kier molecular flexibility index (Phi) is 7.44. The van der Waals surface area contributed by atoms with E-state index in [1.165, 1.54) is 17.0 Å². The molecule has 10 heteroatoms. The summed E-state index contributed by atoms with van der Waals surface area (Å²) >= 11 is 0. The van der Waals surface area contributed by atoms with Gasteiger partial charge in [-0.1, -0.05) is 65.8 Å². The van der Waals surface area contributed by atoms with Crippen LogP contribution in [-0.2, 0) is 20.9 Å². The second-order valence-corrected chi connectivity index (χ2v) is 7.78. The number of nitrogens with one attached hydrogen (secondary N) is 1. The Bertz CT molecular complexity index is 1240. The first-order valence-corrected chi connectivity index (χ1v) is 10.9. The van der Waals surface area contributed by atoms with E-state index in [9.17, 15) is 9.59 Å². The minimum absolute atomic E-state index is 0.00922. The first-order valence-electron chi connectivity index (χ1n) is 10.9. The van der Waals surface area contributed by atoms with E-state index in [0.29, 0.717) is 5.56 Å². The molecule has 4 rings (SSSR count). The highest BCUT2D eigenvalue weighted by Gasteiger charge is 2.32. The zero-order valence-electron chi connectivity index (χ0n) is 18.6. The van der Waals surface area contributed by atoms with Crippen molar-refractivity contribution < 1.29 is 23.5 Å². The molecule has 35 heavy (non-hydrogen) atoms. The summed E-state index contributed by atoms with van der Waals surface area (Å²) in [5.74, 6) is -1.22. The fraction of sp³-hybridized carbons (Fsp3) is 0.200. The molecule has 0 aromatic heterocycles. The maximum absolute atomic E-state index is 15.1. The zero-order chi connectivity index (χ0) is 24.6. The molecule has 1 unspecified atom stereocenters. The van der Waals surface area contributed by atoms with Crippen molar-refractivity contribution in [1.82, 2.24) is 0 Å². The second kappa shape index (κ2) is 11.0. The Hall–Kier alpha value is -4.56. The average molecular weight is 475 g/mol. The van der Waals surface area contributed by atoms with Gasteiger partial charge in [0.1, 0.15) is 18.5 Å². The number of carbonyl (C=O) groups excluding carboxylic acids is 2. The number of halogens is 1. The van der Waals surface area contributed by atoms with Crippen LogP contribution in [0.5, 0.6) is 0 Å². The normalized spacial score (nSPS) is 15.6. The number of anilines is 2. The Labute approximate surface area is 200 Å². The summed E-state index contributed by atoms with van der Waals surface area (Å²) in [5.41, 5.74) is 10.2. The Morgan fingerprint density at radius 3 is 2.57 bits per heavy atom. The van der Waals surface area contributed by atoms with E-state index < -0.39 is 30.0 Å². The van der Waals surface area contributed by atoms with Crippen LogP contribution in [0.2, 0.25) is 0 Å². The zero-order valence-corrected chi connectivity index (χ0v) is 18.6. The van der Waals surface area contributed by atoms with Gasteiger partial charge in [0.2, 0.25) is 0 Å². The standard InChI is InChI=1S/C25H22FN5O4/c26-21-13-19(31-15-20(14-28-30-27)35-25(31)33)11-12-22(21)29-23(18-9-5-2-6-10-18)24(32)34-16-17-7-3-1-4-8-17/h1-13,20,23,29H,14-16H2/t20-,23?/m0/s1. The lowest BCUT2D eigenvalue weighted by atomic mass is 10.1. The van der Waals surface area contributed by atoms with E-state index in [-0.39, 0.29) is 31.1 Å². The van der Waals surface area contributed by atoms with E-state index >= 15 is 4.39 Å². The van der Waals surface area contributed by atoms with Gasteiger partial charge in [-0.3, -0.25) is 4.90 Å². The molecule has 1 heterocycles. The van der Waals surface area contributed by atoms with Gasteiger partial charge in [-0.25, -0.2) is 14.0 Å². The lowest BCUT2D eigenvalue weighted by Gasteiger charge is -2.21. The molecule has 0 saturated carbocycles. The molecule has 0 aliphatic carbocycles. The van der Waals surface area contributed by atoms with Crippen LogP contribution in [0.3, 0.4) is 0 Å². The molecule has 0 radical (unpaired) electrons. The minimum Gasteiger partial charge on any atom is -0.459 e. The van der Waals surface area contributed by atoms with E-state index in [4.69, 9.17) is 15.0 Å². The van der Waals surface area contributed by atoms with Gasteiger partial charge in [-0.2, -0.15) is 0 Å². The van der Waals surface area contributed by atoms with Crippen molar-refractivity contribution in [2.24, 2.45) is 5.11 Å². The molecular weight excluding hydrogens is 453 g/mol. The Morgan fingerprint density at radius 2 is 1.89 bits per heavy atom. The maximum Gasteiger partial charge on any atom is 0.414 e. The van der Waals surface area contributed by atoms with Crippen molar-refractivity contribution >= 4 is 23.4 Å². The maximum atomic E-state index is 15.1. The van der Waals surface area contributed by atoms with E-state index in [1.54, 1.807) is 30.3 Å². The number of esters is 1. The number of carbonyl (C=O) groups is 2. The van der Waals surface area contributed by atoms with Crippen LogP contribution in [0.4, 0.5) is 20.6 Å². The highest BCUT2D eigenvalue weighted by molar-refractivity contribution is 5.90. The second-order valence-electron chi connectivity index (χ2n) is 7.78. The fourth-order valence-electron chi connectivity index (χ4n) is 3.64. The molecule has 3 aromatic rings. The van der Waals surface area contributed by atoms with E-state index in [2.05, 4.69) is 15.3 Å². The summed E-state index contributed by atoms with van der Waals surface area (Å²) in [6.45, 7) is 0.202. The summed E-state index contributed by atoms with van der Waals surface area (Å²) in [6, 6.07) is 21.3. The average Bonchev–Trinajstić information content (AvgIpc) is 3.26. The topological polar surface area (TPSA) is 117 Å². The van der Waals surface area contributed by atoms with E-state index in [1.807, 2.05) is 36.4 Å². The predicted octanol–water partition coefficient (Wildman–Crippen LogP) is 5.36. The molecule has 1 aliphatic rings. The summed E-state index contributed by atoms with van der Waals surface area (Å²) in [6.07, 6.45) is -1.27. The highest BCUT2D eigenvalue weighted by atomic mass is 19.1. The van der Waals surface area contributed by atoms with E-state index in [0.717, 1.165) is 5.56 Å². The van der Waals surface area contributed by atoms with Gasteiger partial charge in [0, 0.05) is 4.91 Å². The van der Waals surface area contributed by atoms with Gasteiger partial charge >= 0.3 is 12.1 Å². The first kappa shape index (κ1) is 23.6. The third-order valence-corrected chi connectivity index (χ3v) is 5.38. The molecule has 3 aromatic carbocycles. The molecule has 2 atom stereocenters.